The number of carbonyl (C=O) groups is 7. The molecule has 0 aliphatic rings. The van der Waals surface area contributed by atoms with E-state index >= 15 is 0 Å². The fourth-order valence-corrected chi connectivity index (χ4v) is 5.28. The number of fused-ring (bicyclic) bond motifs is 1. The molecule has 0 N–H and O–H groups in total. The molecule has 19 heteroatoms. The molecule has 68 heavy (non-hydrogen) atoms. The molecule has 19 nitrogen and oxygen atoms in total. The van der Waals surface area contributed by atoms with Crippen LogP contribution in [-0.2, 0) is 42.8 Å². The molecular formula is C49H50O19. The molecule has 0 saturated carbocycles. The molecule has 360 valence electrons. The van der Waals surface area contributed by atoms with Gasteiger partial charge >= 0.3 is 42.3 Å². The van der Waals surface area contributed by atoms with Crippen molar-refractivity contribution in [3.05, 3.63) is 122 Å². The van der Waals surface area contributed by atoms with Gasteiger partial charge in [0, 0.05) is 17.7 Å². The van der Waals surface area contributed by atoms with Gasteiger partial charge in [0.15, 0.2) is 11.5 Å². The van der Waals surface area contributed by atoms with Gasteiger partial charge in [-0.25, -0.2) is 33.6 Å². The summed E-state index contributed by atoms with van der Waals surface area (Å²) in [6, 6.07) is 19.9. The fraction of sp³-hybridized carbons (Fsp3) is 0.286. The Morgan fingerprint density at radius 3 is 1.44 bits per heavy atom. The molecule has 0 spiro atoms. The lowest BCUT2D eigenvalue weighted by atomic mass is 10.1. The average molecular weight is 943 g/mol. The Kier molecular flexibility index (Phi) is 21.9. The summed E-state index contributed by atoms with van der Waals surface area (Å²) < 4.78 is 62.7. The number of unbranched alkanes of at least 4 members (excludes halogenated alkanes) is 3. The minimum atomic E-state index is -1.18. The smallest absolute Gasteiger partial charge is 0.463 e. The van der Waals surface area contributed by atoms with Crippen molar-refractivity contribution >= 4 is 53.1 Å². The summed E-state index contributed by atoms with van der Waals surface area (Å²) in [5.41, 5.74) is 0.220. The van der Waals surface area contributed by atoms with Crippen molar-refractivity contribution < 1.29 is 90.4 Å². The molecule has 0 radical (unpaired) electrons. The maximum absolute atomic E-state index is 13.2. The van der Waals surface area contributed by atoms with Gasteiger partial charge in [-0.2, -0.15) is 0 Å². The molecule has 0 unspecified atom stereocenters. The van der Waals surface area contributed by atoms with E-state index < -0.39 is 42.3 Å². The Balaban J connectivity index is 1.26. The van der Waals surface area contributed by atoms with Gasteiger partial charge in [-0.1, -0.05) is 31.9 Å². The number of benzene rings is 4. The van der Waals surface area contributed by atoms with Crippen LogP contribution in [0.4, 0.5) is 14.4 Å². The third kappa shape index (κ3) is 19.4. The highest BCUT2D eigenvalue weighted by molar-refractivity contribution is 5.92. The van der Waals surface area contributed by atoms with Crippen molar-refractivity contribution in [1.82, 2.24) is 0 Å². The number of esters is 4. The minimum absolute atomic E-state index is 0.0806. The van der Waals surface area contributed by atoms with Crippen LogP contribution in [0, 0.1) is 0 Å². The van der Waals surface area contributed by atoms with Gasteiger partial charge in [-0.3, -0.25) is 0 Å². The van der Waals surface area contributed by atoms with Gasteiger partial charge in [0.05, 0.1) is 45.2 Å². The molecule has 0 bridgehead atoms. The molecule has 0 atom stereocenters. The number of carbonyl (C=O) groups excluding carboxylic acids is 7. The molecule has 4 aromatic rings. The summed E-state index contributed by atoms with van der Waals surface area (Å²) in [5, 5.41) is 1.57. The van der Waals surface area contributed by atoms with Crippen molar-refractivity contribution in [2.24, 2.45) is 0 Å². The molecule has 4 rings (SSSR count). The lowest BCUT2D eigenvalue weighted by Crippen LogP contribution is -2.16. The highest BCUT2D eigenvalue weighted by Crippen LogP contribution is 2.31. The van der Waals surface area contributed by atoms with E-state index in [2.05, 4.69) is 19.7 Å². The van der Waals surface area contributed by atoms with Gasteiger partial charge in [0.1, 0.15) is 23.0 Å². The molecule has 0 aliphatic carbocycles. The highest BCUT2D eigenvalue weighted by atomic mass is 16.7. The van der Waals surface area contributed by atoms with E-state index in [1.54, 1.807) is 55.5 Å². The third-order valence-corrected chi connectivity index (χ3v) is 8.72. The second kappa shape index (κ2) is 28.5. The normalized spacial score (nSPS) is 10.3. The first-order chi connectivity index (χ1) is 32.8. The second-order valence-corrected chi connectivity index (χ2v) is 14.0. The van der Waals surface area contributed by atoms with Crippen LogP contribution >= 0.6 is 0 Å². The summed E-state index contributed by atoms with van der Waals surface area (Å²) in [4.78, 5) is 84.1. The van der Waals surface area contributed by atoms with E-state index in [-0.39, 0.29) is 75.0 Å². The van der Waals surface area contributed by atoms with E-state index in [0.717, 1.165) is 29.0 Å². The van der Waals surface area contributed by atoms with Crippen molar-refractivity contribution in [3.63, 3.8) is 0 Å². The lowest BCUT2D eigenvalue weighted by Gasteiger charge is -2.13. The Morgan fingerprint density at radius 2 is 0.897 bits per heavy atom. The van der Waals surface area contributed by atoms with Crippen molar-refractivity contribution in [3.8, 4) is 34.5 Å². The summed E-state index contributed by atoms with van der Waals surface area (Å²) in [6.45, 7) is 11.8. The largest absolute Gasteiger partial charge is 0.513 e. The predicted molar refractivity (Wildman–Crippen MR) is 240 cm³/mol. The molecule has 0 aromatic heterocycles. The van der Waals surface area contributed by atoms with Crippen molar-refractivity contribution in [2.75, 3.05) is 46.4 Å². The first-order valence-corrected chi connectivity index (χ1v) is 21.0. The number of ether oxygens (including phenoxy) is 12. The van der Waals surface area contributed by atoms with Crippen molar-refractivity contribution in [1.29, 1.82) is 0 Å². The first-order valence-electron chi connectivity index (χ1n) is 21.0. The zero-order chi connectivity index (χ0) is 49.1. The van der Waals surface area contributed by atoms with Crippen LogP contribution in [0.1, 0.15) is 55.8 Å². The number of hydrogen-bond acceptors (Lipinski definition) is 19. The first kappa shape index (κ1) is 52.3. The average Bonchev–Trinajstić information content (AvgIpc) is 3.32. The number of rotatable bonds is 27. The molecule has 0 fully saturated rings. The fourth-order valence-electron chi connectivity index (χ4n) is 5.28. The Bertz CT molecular complexity index is 2400. The van der Waals surface area contributed by atoms with E-state index in [1.165, 1.54) is 24.3 Å². The molecule has 0 aliphatic heterocycles. The predicted octanol–water partition coefficient (Wildman–Crippen LogP) is 8.94. The highest BCUT2D eigenvalue weighted by Gasteiger charge is 2.20. The van der Waals surface area contributed by atoms with Crippen LogP contribution in [0.15, 0.2) is 116 Å². The molecule has 0 amide bonds. The molecule has 4 aromatic carbocycles. The Morgan fingerprint density at radius 1 is 0.456 bits per heavy atom. The lowest BCUT2D eigenvalue weighted by molar-refractivity contribution is -0.139. The standard InChI is InChI=1S/C49H50O19/c1-5-43(50)57-23-7-10-27-61-48(55)67-41-22-15-36(31-42(41)68-49(56)62-28-11-8-24-58-44(51)6-2)46(53)65-38-20-18-37(19-21-38)63-32-64-39-16-13-35-30-40(17-14-34(35)29-39)66-47(54)60-26-12-9-25-59-45(52)33(3)4/h5-6,13-22,29-31H,1-3,7-12,23-28,32H2,4H3. The summed E-state index contributed by atoms with van der Waals surface area (Å²) >= 11 is 0. The van der Waals surface area contributed by atoms with Gasteiger partial charge in [0.2, 0.25) is 6.79 Å². The van der Waals surface area contributed by atoms with Crippen LogP contribution in [0.5, 0.6) is 34.5 Å². The van der Waals surface area contributed by atoms with Crippen LogP contribution in [-0.4, -0.2) is 88.8 Å². The van der Waals surface area contributed by atoms with Crippen LogP contribution in [0.25, 0.3) is 10.8 Å². The Hall–Kier alpha value is -8.35. The van der Waals surface area contributed by atoms with Gasteiger partial charge in [-0.15, -0.1) is 0 Å². The second-order valence-electron chi connectivity index (χ2n) is 14.0. The Labute approximate surface area is 391 Å². The van der Waals surface area contributed by atoms with E-state index in [9.17, 15) is 33.6 Å². The third-order valence-electron chi connectivity index (χ3n) is 8.72. The quantitative estimate of drug-likeness (QED) is 0.0103. The molecule has 0 heterocycles. The van der Waals surface area contributed by atoms with Gasteiger partial charge in [-0.05, 0) is 123 Å². The topological polar surface area (TPSA) is 230 Å². The van der Waals surface area contributed by atoms with E-state index in [1.807, 2.05) is 0 Å². The number of hydrogen-bond donors (Lipinski definition) is 0. The summed E-state index contributed by atoms with van der Waals surface area (Å²) in [7, 11) is 0. The van der Waals surface area contributed by atoms with Crippen molar-refractivity contribution in [2.45, 2.75) is 45.4 Å². The molecule has 0 saturated heterocycles. The maximum atomic E-state index is 13.2. The summed E-state index contributed by atoms with van der Waals surface area (Å²) in [6.07, 6.45) is 1.29. The summed E-state index contributed by atoms with van der Waals surface area (Å²) in [5.74, 6) is -1.83. The van der Waals surface area contributed by atoms with E-state index in [0.29, 0.717) is 55.6 Å². The minimum Gasteiger partial charge on any atom is -0.463 e. The van der Waals surface area contributed by atoms with Crippen LogP contribution in [0.3, 0.4) is 0 Å². The maximum Gasteiger partial charge on any atom is 0.513 e. The van der Waals surface area contributed by atoms with Gasteiger partial charge < -0.3 is 56.8 Å². The monoisotopic (exact) mass is 942 g/mol. The van der Waals surface area contributed by atoms with E-state index in [4.69, 9.17) is 56.8 Å². The molecular weight excluding hydrogens is 893 g/mol. The zero-order valence-corrected chi connectivity index (χ0v) is 37.2. The van der Waals surface area contributed by atoms with Crippen LogP contribution in [0.2, 0.25) is 0 Å². The van der Waals surface area contributed by atoms with Crippen LogP contribution < -0.4 is 28.4 Å². The SMILES string of the molecule is C=CC(=O)OCCCCOC(=O)Oc1ccc(C(=O)Oc2ccc(OCOc3ccc4cc(OC(=O)OCCCCOC(=O)C(=C)C)ccc4c3)cc2)cc1OC(=O)OCCCCOC(=O)C=C. The zero-order valence-electron chi connectivity index (χ0n) is 37.2. The van der Waals surface area contributed by atoms with Gasteiger partial charge in [0.25, 0.3) is 0 Å².